The van der Waals surface area contributed by atoms with Gasteiger partial charge in [-0.05, 0) is 48.6 Å². The number of furan rings is 1. The van der Waals surface area contributed by atoms with Gasteiger partial charge in [0.15, 0.2) is 5.11 Å². The minimum absolute atomic E-state index is 0.0751. The molecule has 3 rings (SSSR count). The van der Waals surface area contributed by atoms with Crippen molar-refractivity contribution in [2.75, 3.05) is 21.2 Å². The molecule has 1 saturated heterocycles. The van der Waals surface area contributed by atoms with E-state index >= 15 is 0 Å². The second-order valence-corrected chi connectivity index (χ2v) is 6.73. The van der Waals surface area contributed by atoms with Gasteiger partial charge >= 0.3 is 5.97 Å². The quantitative estimate of drug-likeness (QED) is 0.330. The first kappa shape index (κ1) is 19.8. The zero-order valence-electron chi connectivity index (χ0n) is 15.2. The maximum atomic E-state index is 12.4. The van der Waals surface area contributed by atoms with Crippen molar-refractivity contribution in [2.45, 2.75) is 0 Å². The molecule has 0 bridgehead atoms. The lowest BCUT2D eigenvalue weighted by molar-refractivity contribution is -0.132. The van der Waals surface area contributed by atoms with Gasteiger partial charge in [0.05, 0.1) is 17.7 Å². The van der Waals surface area contributed by atoms with Crippen molar-refractivity contribution < 1.29 is 23.5 Å². The third-order valence-electron chi connectivity index (χ3n) is 4.21. The van der Waals surface area contributed by atoms with E-state index in [2.05, 4.69) is 0 Å². The number of hydrogen-bond donors (Lipinski definition) is 0. The second kappa shape index (κ2) is 7.57. The predicted octanol–water partition coefficient (Wildman–Crippen LogP) is 2.99. The Hall–Kier alpha value is -2.97. The van der Waals surface area contributed by atoms with Crippen molar-refractivity contribution in [3.63, 3.8) is 0 Å². The molecule has 0 saturated carbocycles. The highest BCUT2D eigenvalue weighted by Gasteiger charge is 2.35. The van der Waals surface area contributed by atoms with Crippen molar-refractivity contribution in [3.8, 4) is 11.3 Å². The number of carbonyl (C=O) groups excluding carboxylic acids is 3. The van der Waals surface area contributed by atoms with Gasteiger partial charge in [0, 0.05) is 19.7 Å². The van der Waals surface area contributed by atoms with Gasteiger partial charge in [-0.2, -0.15) is 0 Å². The van der Waals surface area contributed by atoms with E-state index in [-0.39, 0.29) is 16.4 Å². The first-order valence-corrected chi connectivity index (χ1v) is 8.83. The number of rotatable bonds is 3. The highest BCUT2D eigenvalue weighted by atomic mass is 35.5. The summed E-state index contributed by atoms with van der Waals surface area (Å²) >= 11 is 11.3. The van der Waals surface area contributed by atoms with Crippen molar-refractivity contribution in [2.24, 2.45) is 0 Å². The highest BCUT2D eigenvalue weighted by molar-refractivity contribution is 7.80. The molecule has 0 radical (unpaired) electrons. The van der Waals surface area contributed by atoms with Crippen LogP contribution < -0.4 is 0 Å². The van der Waals surface area contributed by atoms with Gasteiger partial charge in [0.1, 0.15) is 17.1 Å². The maximum absolute atomic E-state index is 12.4. The van der Waals surface area contributed by atoms with Crippen molar-refractivity contribution in [3.05, 3.63) is 52.3 Å². The van der Waals surface area contributed by atoms with Crippen LogP contribution in [0.5, 0.6) is 0 Å². The molecule has 1 aliphatic heterocycles. The molecular formula is C19H15ClN2O5S. The van der Waals surface area contributed by atoms with Crippen LogP contribution in [0.15, 0.2) is 40.3 Å². The largest absolute Gasteiger partial charge is 0.465 e. The smallest absolute Gasteiger partial charge is 0.337 e. The summed E-state index contributed by atoms with van der Waals surface area (Å²) in [6, 6.07) is 7.86. The molecule has 0 aliphatic carbocycles. The van der Waals surface area contributed by atoms with Crippen LogP contribution in [-0.2, 0) is 14.3 Å². The molecule has 0 atom stereocenters. The number of halogens is 1. The Labute approximate surface area is 171 Å². The minimum Gasteiger partial charge on any atom is -0.465 e. The van der Waals surface area contributed by atoms with Gasteiger partial charge in [-0.1, -0.05) is 11.6 Å². The zero-order chi connectivity index (χ0) is 20.6. The fourth-order valence-electron chi connectivity index (χ4n) is 2.65. The second-order valence-electron chi connectivity index (χ2n) is 5.96. The number of thiocarbonyl (C=S) groups is 1. The molecule has 9 heteroatoms. The van der Waals surface area contributed by atoms with E-state index < -0.39 is 17.8 Å². The van der Waals surface area contributed by atoms with Gasteiger partial charge in [0.2, 0.25) is 0 Å². The SMILES string of the molecule is COC(=O)c1ccc(Cl)c(-c2ccc(C=C3C(=O)N(C)C(=S)N(C)C3=O)o2)c1. The lowest BCUT2D eigenvalue weighted by Gasteiger charge is -2.31. The van der Waals surface area contributed by atoms with Crippen LogP contribution in [0.4, 0.5) is 0 Å². The summed E-state index contributed by atoms with van der Waals surface area (Å²) in [4.78, 5) is 38.9. The summed E-state index contributed by atoms with van der Waals surface area (Å²) in [5.41, 5.74) is 0.715. The van der Waals surface area contributed by atoms with Crippen molar-refractivity contribution in [1.29, 1.82) is 0 Å². The number of carbonyl (C=O) groups is 3. The minimum atomic E-state index is -0.517. The number of likely N-dealkylation sites (N-methyl/N-ethyl adjacent to an activating group) is 2. The Kier molecular flexibility index (Phi) is 5.35. The van der Waals surface area contributed by atoms with Gasteiger partial charge in [-0.15, -0.1) is 0 Å². The lowest BCUT2D eigenvalue weighted by atomic mass is 10.1. The molecular weight excluding hydrogens is 404 g/mol. The van der Waals surface area contributed by atoms with E-state index in [1.165, 1.54) is 43.1 Å². The van der Waals surface area contributed by atoms with Crippen molar-refractivity contribution in [1.82, 2.24) is 9.80 Å². The number of nitrogens with zero attached hydrogens (tertiary/aromatic N) is 2. The van der Waals surface area contributed by atoms with E-state index in [0.717, 1.165) is 0 Å². The highest BCUT2D eigenvalue weighted by Crippen LogP contribution is 2.31. The van der Waals surface area contributed by atoms with Crippen LogP contribution in [0, 0.1) is 0 Å². The number of benzene rings is 1. The summed E-state index contributed by atoms with van der Waals surface area (Å²) in [6.07, 6.45) is 1.35. The molecule has 7 nitrogen and oxygen atoms in total. The van der Waals surface area contributed by atoms with E-state index in [4.69, 9.17) is 33.0 Å². The average Bonchev–Trinajstić information content (AvgIpc) is 3.16. The standard InChI is InChI=1S/C19H15ClN2O5S/c1-21-16(23)13(17(24)22(2)19(21)28)9-11-5-7-15(27-11)12-8-10(18(25)26-3)4-6-14(12)20/h4-9H,1-3H3. The first-order chi connectivity index (χ1) is 13.2. The molecule has 2 heterocycles. The molecule has 0 unspecified atom stereocenters. The van der Waals surface area contributed by atoms with E-state index in [9.17, 15) is 14.4 Å². The topological polar surface area (TPSA) is 80.1 Å². The molecule has 2 aromatic rings. The summed E-state index contributed by atoms with van der Waals surface area (Å²) < 4.78 is 10.4. The Morgan fingerprint density at radius 3 is 2.39 bits per heavy atom. The molecule has 28 heavy (non-hydrogen) atoms. The van der Waals surface area contributed by atoms with Crippen LogP contribution in [0.3, 0.4) is 0 Å². The normalized spacial score (nSPS) is 14.6. The molecule has 0 N–H and O–H groups in total. The van der Waals surface area contributed by atoms with Crippen LogP contribution in [0.25, 0.3) is 17.4 Å². The predicted molar refractivity (Wildman–Crippen MR) is 107 cm³/mol. The van der Waals surface area contributed by atoms with Crippen molar-refractivity contribution >= 4 is 52.8 Å². The van der Waals surface area contributed by atoms with Crippen LogP contribution in [-0.4, -0.2) is 53.9 Å². The third-order valence-corrected chi connectivity index (χ3v) is 5.09. The summed E-state index contributed by atoms with van der Waals surface area (Å²) in [7, 11) is 4.27. The fraction of sp³-hybridized carbons (Fsp3) is 0.158. The number of methoxy groups -OCH3 is 1. The van der Waals surface area contributed by atoms with Crippen LogP contribution in [0.2, 0.25) is 5.02 Å². The molecule has 1 aromatic heterocycles. The molecule has 1 aromatic carbocycles. The zero-order valence-corrected chi connectivity index (χ0v) is 16.8. The van der Waals surface area contributed by atoms with E-state index in [1.54, 1.807) is 24.3 Å². The van der Waals surface area contributed by atoms with Crippen LogP contribution >= 0.6 is 23.8 Å². The Morgan fingerprint density at radius 2 is 1.79 bits per heavy atom. The molecule has 144 valence electrons. The third kappa shape index (κ3) is 3.44. The van der Waals surface area contributed by atoms with E-state index in [1.807, 2.05) is 0 Å². The fourth-order valence-corrected chi connectivity index (χ4v) is 3.03. The maximum Gasteiger partial charge on any atom is 0.337 e. The number of amides is 2. The molecule has 1 aliphatic rings. The van der Waals surface area contributed by atoms with E-state index in [0.29, 0.717) is 21.9 Å². The van der Waals surface area contributed by atoms with Gasteiger partial charge in [-0.3, -0.25) is 19.4 Å². The van der Waals surface area contributed by atoms with Gasteiger partial charge in [-0.25, -0.2) is 4.79 Å². The number of ether oxygens (including phenoxy) is 1. The monoisotopic (exact) mass is 418 g/mol. The molecule has 0 spiro atoms. The van der Waals surface area contributed by atoms with Crippen LogP contribution in [0.1, 0.15) is 16.1 Å². The number of hydrogen-bond acceptors (Lipinski definition) is 6. The molecule has 2 amide bonds. The number of esters is 1. The summed E-state index contributed by atoms with van der Waals surface area (Å²) in [5.74, 6) is -0.891. The summed E-state index contributed by atoms with van der Waals surface area (Å²) in [6.45, 7) is 0. The molecule has 1 fully saturated rings. The summed E-state index contributed by atoms with van der Waals surface area (Å²) in [5, 5.41) is 0.495. The van der Waals surface area contributed by atoms with Gasteiger partial charge in [0.25, 0.3) is 11.8 Å². The Bertz CT molecular complexity index is 1020. The Morgan fingerprint density at radius 1 is 1.14 bits per heavy atom. The Balaban J connectivity index is 1.98. The lowest BCUT2D eigenvalue weighted by Crippen LogP contribution is -2.52. The van der Waals surface area contributed by atoms with Gasteiger partial charge < -0.3 is 9.15 Å². The first-order valence-electron chi connectivity index (χ1n) is 8.04. The average molecular weight is 419 g/mol.